The minimum atomic E-state index is -0.0149. The fourth-order valence-electron chi connectivity index (χ4n) is 3.12. The molecular formula is C21H33N3O2. The van der Waals surface area contributed by atoms with Crippen LogP contribution in [0.1, 0.15) is 51.7 Å². The molecule has 1 aliphatic rings. The second kappa shape index (κ2) is 9.06. The molecular weight excluding hydrogens is 326 g/mol. The fourth-order valence-corrected chi connectivity index (χ4v) is 3.12. The van der Waals surface area contributed by atoms with E-state index in [9.17, 15) is 9.59 Å². The first kappa shape index (κ1) is 20.3. The molecule has 2 rings (SSSR count). The van der Waals surface area contributed by atoms with Crippen molar-refractivity contribution in [3.05, 3.63) is 35.4 Å². The summed E-state index contributed by atoms with van der Waals surface area (Å²) in [5, 5.41) is 2.91. The van der Waals surface area contributed by atoms with E-state index in [1.165, 1.54) is 5.56 Å². The topological polar surface area (TPSA) is 52.7 Å². The quantitative estimate of drug-likeness (QED) is 0.898. The van der Waals surface area contributed by atoms with Crippen LogP contribution in [-0.4, -0.2) is 54.5 Å². The first-order valence-electron chi connectivity index (χ1n) is 9.71. The number of rotatable bonds is 4. The molecule has 0 bridgehead atoms. The van der Waals surface area contributed by atoms with Crippen LogP contribution < -0.4 is 5.32 Å². The maximum atomic E-state index is 12.7. The van der Waals surface area contributed by atoms with Gasteiger partial charge >= 0.3 is 6.03 Å². The highest BCUT2D eigenvalue weighted by atomic mass is 16.2. The van der Waals surface area contributed by atoms with Gasteiger partial charge < -0.3 is 15.1 Å². The van der Waals surface area contributed by atoms with Crippen LogP contribution >= 0.6 is 0 Å². The SMILES string of the molecule is CCCNC(=O)N1CCCN(C(=O)Cc2ccc(C(C)(C)C)cc2)CC1. The largest absolute Gasteiger partial charge is 0.341 e. The molecule has 0 radical (unpaired) electrons. The maximum absolute atomic E-state index is 12.7. The summed E-state index contributed by atoms with van der Waals surface area (Å²) >= 11 is 0. The Morgan fingerprint density at radius 3 is 2.23 bits per heavy atom. The number of carbonyl (C=O) groups is 2. The Kier molecular flexibility index (Phi) is 7.06. The molecule has 5 nitrogen and oxygen atoms in total. The zero-order valence-electron chi connectivity index (χ0n) is 16.7. The van der Waals surface area contributed by atoms with Crippen LogP contribution in [-0.2, 0) is 16.6 Å². The molecule has 0 atom stereocenters. The van der Waals surface area contributed by atoms with Gasteiger partial charge in [0.05, 0.1) is 6.42 Å². The minimum Gasteiger partial charge on any atom is -0.341 e. The molecule has 26 heavy (non-hydrogen) atoms. The molecule has 1 fully saturated rings. The predicted octanol–water partition coefficient (Wildman–Crippen LogP) is 3.18. The third-order valence-corrected chi connectivity index (χ3v) is 4.84. The number of benzene rings is 1. The Balaban J connectivity index is 1.89. The molecule has 1 aliphatic heterocycles. The number of hydrogen-bond acceptors (Lipinski definition) is 2. The van der Waals surface area contributed by atoms with Crippen LogP contribution in [0.3, 0.4) is 0 Å². The van der Waals surface area contributed by atoms with Crippen LogP contribution in [0.5, 0.6) is 0 Å². The van der Waals surface area contributed by atoms with E-state index in [1.54, 1.807) is 0 Å². The van der Waals surface area contributed by atoms with Crippen molar-refractivity contribution in [1.82, 2.24) is 15.1 Å². The fraction of sp³-hybridized carbons (Fsp3) is 0.619. The lowest BCUT2D eigenvalue weighted by atomic mass is 9.86. The van der Waals surface area contributed by atoms with Crippen molar-refractivity contribution in [2.45, 2.75) is 52.4 Å². The molecule has 0 saturated carbocycles. The van der Waals surface area contributed by atoms with Crippen molar-refractivity contribution in [3.8, 4) is 0 Å². The lowest BCUT2D eigenvalue weighted by molar-refractivity contribution is -0.130. The van der Waals surface area contributed by atoms with Crippen LogP contribution in [0, 0.1) is 0 Å². The van der Waals surface area contributed by atoms with Crippen molar-refractivity contribution < 1.29 is 9.59 Å². The second-order valence-corrected chi connectivity index (χ2v) is 8.08. The summed E-state index contributed by atoms with van der Waals surface area (Å²) in [6.45, 7) is 11.9. The third kappa shape index (κ3) is 5.75. The van der Waals surface area contributed by atoms with E-state index in [4.69, 9.17) is 0 Å². The van der Waals surface area contributed by atoms with Crippen molar-refractivity contribution in [2.75, 3.05) is 32.7 Å². The summed E-state index contributed by atoms with van der Waals surface area (Å²) < 4.78 is 0. The molecule has 5 heteroatoms. The lowest BCUT2D eigenvalue weighted by Gasteiger charge is -2.23. The van der Waals surface area contributed by atoms with Gasteiger partial charge in [-0.2, -0.15) is 0 Å². The number of carbonyl (C=O) groups excluding carboxylic acids is 2. The highest BCUT2D eigenvalue weighted by molar-refractivity contribution is 5.79. The van der Waals surface area contributed by atoms with Crippen LogP contribution in [0.25, 0.3) is 0 Å². The smallest absolute Gasteiger partial charge is 0.317 e. The first-order valence-corrected chi connectivity index (χ1v) is 9.71. The standard InChI is InChI=1S/C21H33N3O2/c1-5-11-22-20(26)24-13-6-12-23(14-15-24)19(25)16-17-7-9-18(10-8-17)21(2,3)4/h7-10H,5-6,11-16H2,1-4H3,(H,22,26). The highest BCUT2D eigenvalue weighted by Crippen LogP contribution is 2.22. The van der Waals surface area contributed by atoms with Crippen LogP contribution in [0.15, 0.2) is 24.3 Å². The van der Waals surface area contributed by atoms with E-state index in [0.29, 0.717) is 32.6 Å². The third-order valence-electron chi connectivity index (χ3n) is 4.84. The Hall–Kier alpha value is -2.04. The van der Waals surface area contributed by atoms with Gasteiger partial charge in [-0.3, -0.25) is 4.79 Å². The molecule has 0 aromatic heterocycles. The molecule has 144 valence electrons. The maximum Gasteiger partial charge on any atom is 0.317 e. The van der Waals surface area contributed by atoms with Crippen molar-refractivity contribution in [2.24, 2.45) is 0 Å². The number of urea groups is 1. The molecule has 1 N–H and O–H groups in total. The molecule has 1 aromatic rings. The number of nitrogens with zero attached hydrogens (tertiary/aromatic N) is 2. The first-order chi connectivity index (χ1) is 12.3. The van der Waals surface area contributed by atoms with E-state index < -0.39 is 0 Å². The lowest BCUT2D eigenvalue weighted by Crippen LogP contribution is -2.43. The second-order valence-electron chi connectivity index (χ2n) is 8.08. The van der Waals surface area contributed by atoms with Crippen LogP contribution in [0.4, 0.5) is 4.79 Å². The zero-order chi connectivity index (χ0) is 19.2. The van der Waals surface area contributed by atoms with E-state index in [1.807, 2.05) is 16.7 Å². The van der Waals surface area contributed by atoms with E-state index in [2.05, 4.69) is 50.4 Å². The average Bonchev–Trinajstić information content (AvgIpc) is 2.85. The Bertz CT molecular complexity index is 605. The predicted molar refractivity (Wildman–Crippen MR) is 105 cm³/mol. The van der Waals surface area contributed by atoms with Gasteiger partial charge in [-0.25, -0.2) is 4.79 Å². The Morgan fingerprint density at radius 1 is 1.00 bits per heavy atom. The molecule has 0 unspecified atom stereocenters. The number of nitrogens with one attached hydrogen (secondary N) is 1. The van der Waals surface area contributed by atoms with Crippen molar-refractivity contribution in [1.29, 1.82) is 0 Å². The summed E-state index contributed by atoms with van der Waals surface area (Å²) in [5.74, 6) is 0.143. The summed E-state index contributed by atoms with van der Waals surface area (Å²) in [7, 11) is 0. The molecule has 0 aliphatic carbocycles. The van der Waals surface area contributed by atoms with Gasteiger partial charge in [0.15, 0.2) is 0 Å². The van der Waals surface area contributed by atoms with Gasteiger partial charge in [-0.05, 0) is 29.4 Å². The van der Waals surface area contributed by atoms with Crippen LogP contribution in [0.2, 0.25) is 0 Å². The van der Waals surface area contributed by atoms with Crippen molar-refractivity contribution >= 4 is 11.9 Å². The van der Waals surface area contributed by atoms with Crippen molar-refractivity contribution in [3.63, 3.8) is 0 Å². The molecule has 1 heterocycles. The van der Waals surface area contributed by atoms with Gasteiger partial charge in [0.2, 0.25) is 5.91 Å². The Labute approximate surface area is 157 Å². The number of hydrogen-bond donors (Lipinski definition) is 1. The van der Waals surface area contributed by atoms with E-state index in [0.717, 1.165) is 24.9 Å². The average molecular weight is 360 g/mol. The summed E-state index contributed by atoms with van der Waals surface area (Å²) in [5.41, 5.74) is 2.44. The summed E-state index contributed by atoms with van der Waals surface area (Å²) in [6.07, 6.45) is 2.18. The normalized spacial score (nSPS) is 15.5. The van der Waals surface area contributed by atoms with E-state index in [-0.39, 0.29) is 17.4 Å². The molecule has 0 spiro atoms. The van der Waals surface area contributed by atoms with Gasteiger partial charge in [-0.15, -0.1) is 0 Å². The summed E-state index contributed by atoms with van der Waals surface area (Å²) in [4.78, 5) is 28.5. The zero-order valence-corrected chi connectivity index (χ0v) is 16.7. The summed E-state index contributed by atoms with van der Waals surface area (Å²) in [6, 6.07) is 8.33. The molecule has 1 saturated heterocycles. The van der Waals surface area contributed by atoms with Gasteiger partial charge in [-0.1, -0.05) is 52.0 Å². The molecule has 1 aromatic carbocycles. The minimum absolute atomic E-state index is 0.0149. The molecule has 3 amide bonds. The Morgan fingerprint density at radius 2 is 1.62 bits per heavy atom. The van der Waals surface area contributed by atoms with Gasteiger partial charge in [0.1, 0.15) is 0 Å². The van der Waals surface area contributed by atoms with Gasteiger partial charge in [0.25, 0.3) is 0 Å². The number of amides is 3. The highest BCUT2D eigenvalue weighted by Gasteiger charge is 2.22. The monoisotopic (exact) mass is 359 g/mol. The van der Waals surface area contributed by atoms with Gasteiger partial charge in [0, 0.05) is 32.7 Å². The van der Waals surface area contributed by atoms with E-state index >= 15 is 0 Å².